The van der Waals surface area contributed by atoms with E-state index < -0.39 is 0 Å². The molecule has 0 spiro atoms. The molecule has 1 N–H and O–H groups in total. The number of hydrogen-bond donors (Lipinski definition) is 1. The lowest BCUT2D eigenvalue weighted by Crippen LogP contribution is -2.25. The summed E-state index contributed by atoms with van der Waals surface area (Å²) in [6, 6.07) is 15.0. The first-order chi connectivity index (χ1) is 12.5. The Morgan fingerprint density at radius 1 is 1.19 bits per heavy atom. The summed E-state index contributed by atoms with van der Waals surface area (Å²) in [7, 11) is 1.83. The number of halogens is 1. The maximum Gasteiger partial charge on any atom is 0.202 e. The highest BCUT2D eigenvalue weighted by molar-refractivity contribution is 9.10. The van der Waals surface area contributed by atoms with Crippen LogP contribution in [0.4, 0.5) is 0 Å². The Hall–Kier alpha value is -2.60. The van der Waals surface area contributed by atoms with Crippen molar-refractivity contribution in [2.45, 2.75) is 13.5 Å². The van der Waals surface area contributed by atoms with Gasteiger partial charge in [0.1, 0.15) is 5.75 Å². The van der Waals surface area contributed by atoms with Gasteiger partial charge in [-0.1, -0.05) is 28.1 Å². The summed E-state index contributed by atoms with van der Waals surface area (Å²) in [4.78, 5) is 12.5. The number of benzene rings is 2. The first kappa shape index (κ1) is 18.2. The highest BCUT2D eigenvalue weighted by Crippen LogP contribution is 2.21. The molecule has 0 atom stereocenters. The molecule has 6 heteroatoms. The second-order valence-corrected chi connectivity index (χ2v) is 6.83. The van der Waals surface area contributed by atoms with Crippen molar-refractivity contribution in [3.8, 4) is 17.0 Å². The predicted molar refractivity (Wildman–Crippen MR) is 104 cm³/mol. The first-order valence-electron chi connectivity index (χ1n) is 8.32. The fourth-order valence-corrected chi connectivity index (χ4v) is 3.19. The van der Waals surface area contributed by atoms with Gasteiger partial charge in [-0.2, -0.15) is 0 Å². The van der Waals surface area contributed by atoms with Gasteiger partial charge in [0.15, 0.2) is 5.78 Å². The largest absolute Gasteiger partial charge is 0.494 e. The van der Waals surface area contributed by atoms with Gasteiger partial charge in [0.25, 0.3) is 0 Å². The number of ether oxygens (including phenoxy) is 1. The van der Waals surface area contributed by atoms with E-state index in [1.54, 1.807) is 21.3 Å². The molecule has 3 rings (SSSR count). The minimum Gasteiger partial charge on any atom is -0.494 e. The van der Waals surface area contributed by atoms with Crippen LogP contribution in [0, 0.1) is 5.41 Å². The average Bonchev–Trinajstić information content (AvgIpc) is 2.91. The molecule has 2 aromatic carbocycles. The van der Waals surface area contributed by atoms with Crippen LogP contribution >= 0.6 is 15.9 Å². The molecule has 0 unspecified atom stereocenters. The van der Waals surface area contributed by atoms with Crippen LogP contribution in [0.2, 0.25) is 0 Å². The smallest absolute Gasteiger partial charge is 0.202 e. The van der Waals surface area contributed by atoms with E-state index >= 15 is 0 Å². The summed E-state index contributed by atoms with van der Waals surface area (Å²) in [5.41, 5.74) is 2.74. The summed E-state index contributed by atoms with van der Waals surface area (Å²) in [5.74, 6) is 0.780. The van der Waals surface area contributed by atoms with Crippen LogP contribution in [0.1, 0.15) is 17.3 Å². The molecule has 0 radical (unpaired) electrons. The summed E-state index contributed by atoms with van der Waals surface area (Å²) in [5, 5.41) is 8.31. The van der Waals surface area contributed by atoms with E-state index in [0.29, 0.717) is 12.2 Å². The van der Waals surface area contributed by atoms with Crippen LogP contribution in [0.3, 0.4) is 0 Å². The van der Waals surface area contributed by atoms with Crippen molar-refractivity contribution in [2.24, 2.45) is 7.05 Å². The van der Waals surface area contributed by atoms with E-state index in [1.807, 2.05) is 56.6 Å². The van der Waals surface area contributed by atoms with Crippen LogP contribution in [0.15, 0.2) is 59.2 Å². The molecule has 0 amide bonds. The number of ketones is 1. The number of nitrogens with one attached hydrogen (secondary N) is 1. The van der Waals surface area contributed by atoms with Gasteiger partial charge in [0.2, 0.25) is 5.62 Å². The second-order valence-electron chi connectivity index (χ2n) is 5.92. The van der Waals surface area contributed by atoms with Crippen molar-refractivity contribution < 1.29 is 9.53 Å². The lowest BCUT2D eigenvalue weighted by Gasteiger charge is -2.05. The van der Waals surface area contributed by atoms with Crippen LogP contribution in [0.25, 0.3) is 11.3 Å². The summed E-state index contributed by atoms with van der Waals surface area (Å²) in [6.45, 7) is 2.70. The summed E-state index contributed by atoms with van der Waals surface area (Å²) < 4.78 is 9.76. The van der Waals surface area contributed by atoms with Gasteiger partial charge in [0.05, 0.1) is 18.8 Å². The number of aromatic nitrogens is 2. The lowest BCUT2D eigenvalue weighted by atomic mass is 10.1. The monoisotopic (exact) mass is 413 g/mol. The zero-order valence-corrected chi connectivity index (χ0v) is 16.3. The minimum atomic E-state index is -0.0337. The highest BCUT2D eigenvalue weighted by Gasteiger charge is 2.12. The van der Waals surface area contributed by atoms with E-state index in [1.165, 1.54) is 0 Å². The summed E-state index contributed by atoms with van der Waals surface area (Å²) >= 11 is 3.38. The molecule has 0 saturated heterocycles. The van der Waals surface area contributed by atoms with Crippen molar-refractivity contribution in [1.29, 1.82) is 5.41 Å². The third-order valence-electron chi connectivity index (χ3n) is 4.15. The molecule has 0 saturated carbocycles. The average molecular weight is 414 g/mol. The molecule has 26 heavy (non-hydrogen) atoms. The van der Waals surface area contributed by atoms with Gasteiger partial charge in [-0.05, 0) is 48.9 Å². The van der Waals surface area contributed by atoms with E-state index in [-0.39, 0.29) is 17.9 Å². The van der Waals surface area contributed by atoms with Crippen LogP contribution in [-0.2, 0) is 13.6 Å². The second kappa shape index (κ2) is 7.74. The molecule has 0 bridgehead atoms. The van der Waals surface area contributed by atoms with E-state index in [2.05, 4.69) is 15.9 Å². The van der Waals surface area contributed by atoms with Crippen molar-refractivity contribution in [2.75, 3.05) is 6.61 Å². The third-order valence-corrected chi connectivity index (χ3v) is 4.64. The van der Waals surface area contributed by atoms with Gasteiger partial charge < -0.3 is 13.9 Å². The quantitative estimate of drug-likeness (QED) is 0.620. The standard InChI is InChI=1S/C20H20BrN3O2/c1-3-26-17-9-7-14(8-10-17)18-12-24(20(22)23(18)2)13-19(25)15-5-4-6-16(21)11-15/h4-12,22H,3,13H2,1-2H3. The lowest BCUT2D eigenvalue weighted by molar-refractivity contribution is 0.0970. The van der Waals surface area contributed by atoms with E-state index in [4.69, 9.17) is 10.1 Å². The zero-order valence-electron chi connectivity index (χ0n) is 14.7. The SMILES string of the molecule is CCOc1ccc(-c2cn(CC(=O)c3cccc(Br)c3)c(=N)n2C)cc1. The molecular weight excluding hydrogens is 394 g/mol. The first-order valence-corrected chi connectivity index (χ1v) is 9.11. The molecule has 1 heterocycles. The van der Waals surface area contributed by atoms with E-state index in [9.17, 15) is 4.79 Å². The topological polar surface area (TPSA) is 60.0 Å². The van der Waals surface area contributed by atoms with Crippen LogP contribution in [-0.4, -0.2) is 21.5 Å². The number of hydrogen-bond acceptors (Lipinski definition) is 3. The van der Waals surface area contributed by atoms with Gasteiger partial charge in [0, 0.05) is 23.3 Å². The van der Waals surface area contributed by atoms with Gasteiger partial charge in [-0.3, -0.25) is 10.2 Å². The van der Waals surface area contributed by atoms with Crippen molar-refractivity contribution in [3.05, 3.63) is 70.4 Å². The normalized spacial score (nSPS) is 10.7. The molecule has 0 aliphatic carbocycles. The molecule has 0 aliphatic heterocycles. The van der Waals surface area contributed by atoms with Gasteiger partial charge in [-0.15, -0.1) is 0 Å². The Balaban J connectivity index is 1.87. The number of carbonyl (C=O) groups excluding carboxylic acids is 1. The minimum absolute atomic E-state index is 0.0337. The number of nitrogens with zero attached hydrogens (tertiary/aromatic N) is 2. The van der Waals surface area contributed by atoms with Crippen molar-refractivity contribution >= 4 is 21.7 Å². The summed E-state index contributed by atoms with van der Waals surface area (Å²) in [6.07, 6.45) is 1.84. The maximum atomic E-state index is 12.5. The van der Waals surface area contributed by atoms with Crippen LogP contribution in [0.5, 0.6) is 5.75 Å². The molecule has 134 valence electrons. The zero-order chi connectivity index (χ0) is 18.7. The molecule has 1 aromatic heterocycles. The Labute approximate surface area is 160 Å². The Kier molecular flexibility index (Phi) is 5.42. The number of Topliss-reactive ketones (excluding diaryl/α,β-unsaturated/α-hetero) is 1. The molecule has 0 fully saturated rings. The molecule has 3 aromatic rings. The van der Waals surface area contributed by atoms with Crippen molar-refractivity contribution in [1.82, 2.24) is 9.13 Å². The maximum absolute atomic E-state index is 12.5. The number of carbonyl (C=O) groups is 1. The molecular formula is C20H20BrN3O2. The number of rotatable bonds is 6. The fourth-order valence-electron chi connectivity index (χ4n) is 2.79. The fraction of sp³-hybridized carbons (Fsp3) is 0.200. The Morgan fingerprint density at radius 3 is 2.58 bits per heavy atom. The highest BCUT2D eigenvalue weighted by atomic mass is 79.9. The number of imidazole rings is 1. The Bertz CT molecular complexity index is 987. The molecule has 5 nitrogen and oxygen atoms in total. The van der Waals surface area contributed by atoms with Crippen LogP contribution < -0.4 is 10.4 Å². The predicted octanol–water partition coefficient (Wildman–Crippen LogP) is 4.02. The van der Waals surface area contributed by atoms with Gasteiger partial charge >= 0.3 is 0 Å². The Morgan fingerprint density at radius 2 is 1.92 bits per heavy atom. The van der Waals surface area contributed by atoms with Gasteiger partial charge in [-0.25, -0.2) is 0 Å². The van der Waals surface area contributed by atoms with E-state index in [0.717, 1.165) is 21.5 Å². The molecule has 0 aliphatic rings. The third kappa shape index (κ3) is 3.80. The van der Waals surface area contributed by atoms with Crippen molar-refractivity contribution in [3.63, 3.8) is 0 Å².